The minimum absolute atomic E-state index is 0.236. The molecule has 0 aliphatic rings. The van der Waals surface area contributed by atoms with Crippen LogP contribution in [0.2, 0.25) is 0 Å². The van der Waals surface area contributed by atoms with Crippen molar-refractivity contribution in [2.45, 2.75) is 13.0 Å². The van der Waals surface area contributed by atoms with Gasteiger partial charge in [0.25, 0.3) is 0 Å². The average Bonchev–Trinajstić information content (AvgIpc) is 2.32. The first kappa shape index (κ1) is 11.5. The average molecular weight is 231 g/mol. The minimum atomic E-state index is -0.386. The number of anilines is 1. The second kappa shape index (κ2) is 4.51. The molecule has 88 valence electrons. The minimum Gasteiger partial charge on any atom is -0.383 e. The molecule has 0 bridgehead atoms. The molecule has 1 heterocycles. The molecule has 3 nitrogen and oxygen atoms in total. The van der Waals surface area contributed by atoms with Gasteiger partial charge in [0.15, 0.2) is 0 Å². The number of rotatable bonds is 2. The predicted octanol–water partition coefficient (Wildman–Crippen LogP) is 2.16. The number of aromatic nitrogens is 1. The zero-order valence-electron chi connectivity index (χ0n) is 9.52. The van der Waals surface area contributed by atoms with Gasteiger partial charge in [0.2, 0.25) is 0 Å². The van der Waals surface area contributed by atoms with Crippen molar-refractivity contribution in [2.75, 3.05) is 5.73 Å². The lowest BCUT2D eigenvalue weighted by Gasteiger charge is -2.14. The van der Waals surface area contributed by atoms with Gasteiger partial charge >= 0.3 is 0 Å². The Hall–Kier alpha value is -1.94. The fourth-order valence-electron chi connectivity index (χ4n) is 1.73. The van der Waals surface area contributed by atoms with Gasteiger partial charge in [-0.05, 0) is 30.2 Å². The Labute approximate surface area is 99.3 Å². The topological polar surface area (TPSA) is 64.9 Å². The molecular weight excluding hydrogens is 217 g/mol. The molecule has 1 aromatic heterocycles. The molecule has 2 rings (SSSR count). The molecule has 17 heavy (non-hydrogen) atoms. The van der Waals surface area contributed by atoms with Crippen LogP contribution in [0, 0.1) is 12.7 Å². The zero-order chi connectivity index (χ0) is 12.4. The Morgan fingerprint density at radius 1 is 1.29 bits per heavy atom. The van der Waals surface area contributed by atoms with Crippen molar-refractivity contribution in [3.05, 3.63) is 59.0 Å². The Bertz CT molecular complexity index is 540. The van der Waals surface area contributed by atoms with Crippen LogP contribution in [0.4, 0.5) is 10.2 Å². The first-order valence-corrected chi connectivity index (χ1v) is 5.31. The first-order valence-electron chi connectivity index (χ1n) is 5.31. The summed E-state index contributed by atoms with van der Waals surface area (Å²) >= 11 is 0. The predicted molar refractivity (Wildman–Crippen MR) is 65.8 cm³/mol. The van der Waals surface area contributed by atoms with Crippen LogP contribution in [-0.4, -0.2) is 4.98 Å². The summed E-state index contributed by atoms with van der Waals surface area (Å²) in [6.45, 7) is 1.71. The highest BCUT2D eigenvalue weighted by Gasteiger charge is 2.13. The van der Waals surface area contributed by atoms with Crippen molar-refractivity contribution < 1.29 is 4.39 Å². The summed E-state index contributed by atoms with van der Waals surface area (Å²) in [5.74, 6) is 0.169. The van der Waals surface area contributed by atoms with Crippen LogP contribution >= 0.6 is 0 Å². The molecule has 2 aromatic rings. The lowest BCUT2D eigenvalue weighted by atomic mass is 9.98. The number of nitrogen functional groups attached to an aromatic ring is 1. The van der Waals surface area contributed by atoms with Crippen molar-refractivity contribution in [3.8, 4) is 0 Å². The van der Waals surface area contributed by atoms with Gasteiger partial charge < -0.3 is 11.5 Å². The quantitative estimate of drug-likeness (QED) is 0.832. The monoisotopic (exact) mass is 231 g/mol. The maximum atomic E-state index is 13.2. The van der Waals surface area contributed by atoms with Crippen LogP contribution in [0.15, 0.2) is 36.5 Å². The van der Waals surface area contributed by atoms with Gasteiger partial charge in [-0.25, -0.2) is 9.37 Å². The third-order valence-corrected chi connectivity index (χ3v) is 2.75. The highest BCUT2D eigenvalue weighted by atomic mass is 19.1. The zero-order valence-corrected chi connectivity index (χ0v) is 9.52. The summed E-state index contributed by atoms with van der Waals surface area (Å²) in [6, 6.07) is 8.03. The smallest absolute Gasteiger partial charge is 0.128 e. The van der Waals surface area contributed by atoms with Crippen LogP contribution in [0.25, 0.3) is 0 Å². The maximum absolute atomic E-state index is 13.2. The third kappa shape index (κ3) is 2.26. The second-order valence-corrected chi connectivity index (χ2v) is 3.96. The largest absolute Gasteiger partial charge is 0.383 e. The molecule has 0 amide bonds. The molecule has 0 saturated heterocycles. The lowest BCUT2D eigenvalue weighted by Crippen LogP contribution is -2.14. The van der Waals surface area contributed by atoms with Crippen molar-refractivity contribution in [2.24, 2.45) is 5.73 Å². The van der Waals surface area contributed by atoms with E-state index in [1.807, 2.05) is 6.07 Å². The normalized spacial score (nSPS) is 12.4. The number of nitrogens with two attached hydrogens (primary N) is 2. The number of pyridine rings is 1. The van der Waals surface area contributed by atoms with E-state index in [0.29, 0.717) is 11.4 Å². The Morgan fingerprint density at radius 2 is 2.06 bits per heavy atom. The summed E-state index contributed by atoms with van der Waals surface area (Å²) in [7, 11) is 0. The number of hydrogen-bond donors (Lipinski definition) is 2. The molecule has 4 N–H and O–H groups in total. The van der Waals surface area contributed by atoms with E-state index in [4.69, 9.17) is 11.5 Å². The molecule has 0 saturated carbocycles. The SMILES string of the molecule is Cc1cc(C(N)c2cccnc2N)ccc1F. The molecule has 0 spiro atoms. The van der Waals surface area contributed by atoms with Crippen molar-refractivity contribution in [1.29, 1.82) is 0 Å². The number of hydrogen-bond acceptors (Lipinski definition) is 3. The molecule has 1 unspecified atom stereocenters. The highest BCUT2D eigenvalue weighted by Crippen LogP contribution is 2.24. The van der Waals surface area contributed by atoms with E-state index in [-0.39, 0.29) is 11.9 Å². The van der Waals surface area contributed by atoms with Crippen molar-refractivity contribution >= 4 is 5.82 Å². The lowest BCUT2D eigenvalue weighted by molar-refractivity contribution is 0.617. The highest BCUT2D eigenvalue weighted by molar-refractivity contribution is 5.45. The van der Waals surface area contributed by atoms with E-state index >= 15 is 0 Å². The third-order valence-electron chi connectivity index (χ3n) is 2.75. The molecule has 0 fully saturated rings. The summed E-state index contributed by atoms with van der Waals surface area (Å²) in [6.07, 6.45) is 1.61. The molecule has 0 radical (unpaired) electrons. The van der Waals surface area contributed by atoms with Gasteiger partial charge in [0, 0.05) is 11.8 Å². The first-order chi connectivity index (χ1) is 8.09. The van der Waals surface area contributed by atoms with Gasteiger partial charge in [0.05, 0.1) is 6.04 Å². The number of aryl methyl sites for hydroxylation is 1. The summed E-state index contributed by atoms with van der Waals surface area (Å²) in [5.41, 5.74) is 14.0. The van der Waals surface area contributed by atoms with E-state index in [2.05, 4.69) is 4.98 Å². The number of halogens is 1. The van der Waals surface area contributed by atoms with Crippen LogP contribution < -0.4 is 11.5 Å². The van der Waals surface area contributed by atoms with Gasteiger partial charge in [-0.1, -0.05) is 18.2 Å². The number of benzene rings is 1. The summed E-state index contributed by atoms with van der Waals surface area (Å²) in [4.78, 5) is 3.99. The molecule has 1 aromatic carbocycles. The van der Waals surface area contributed by atoms with Gasteiger partial charge in [-0.2, -0.15) is 0 Å². The van der Waals surface area contributed by atoms with Crippen LogP contribution in [0.1, 0.15) is 22.7 Å². The Kier molecular flexibility index (Phi) is 3.06. The molecule has 0 aliphatic carbocycles. The summed E-state index contributed by atoms with van der Waals surface area (Å²) < 4.78 is 13.2. The second-order valence-electron chi connectivity index (χ2n) is 3.96. The standard InChI is InChI=1S/C13H14FN3/c1-8-7-9(4-5-11(8)14)12(15)10-3-2-6-17-13(10)16/h2-7,12H,15H2,1H3,(H2,16,17). The van der Waals surface area contributed by atoms with Gasteiger partial charge in [-0.15, -0.1) is 0 Å². The molecule has 0 aliphatic heterocycles. The maximum Gasteiger partial charge on any atom is 0.128 e. The van der Waals surface area contributed by atoms with Crippen molar-refractivity contribution in [1.82, 2.24) is 4.98 Å². The van der Waals surface area contributed by atoms with E-state index in [1.165, 1.54) is 6.07 Å². The molecule has 1 atom stereocenters. The Morgan fingerprint density at radius 3 is 2.71 bits per heavy atom. The fraction of sp³-hybridized carbons (Fsp3) is 0.154. The van der Waals surface area contributed by atoms with Crippen molar-refractivity contribution in [3.63, 3.8) is 0 Å². The number of nitrogens with zero attached hydrogens (tertiary/aromatic N) is 1. The van der Waals surface area contributed by atoms with Crippen LogP contribution in [0.5, 0.6) is 0 Å². The van der Waals surface area contributed by atoms with Gasteiger partial charge in [0.1, 0.15) is 11.6 Å². The van der Waals surface area contributed by atoms with Gasteiger partial charge in [-0.3, -0.25) is 0 Å². The molecule has 4 heteroatoms. The Balaban J connectivity index is 2.40. The van der Waals surface area contributed by atoms with Crippen LogP contribution in [-0.2, 0) is 0 Å². The fourth-order valence-corrected chi connectivity index (χ4v) is 1.73. The van der Waals surface area contributed by atoms with E-state index < -0.39 is 0 Å². The molecular formula is C13H14FN3. The van der Waals surface area contributed by atoms with E-state index in [0.717, 1.165) is 11.1 Å². The van der Waals surface area contributed by atoms with E-state index in [1.54, 1.807) is 31.3 Å². The van der Waals surface area contributed by atoms with Crippen LogP contribution in [0.3, 0.4) is 0 Å². The summed E-state index contributed by atoms with van der Waals surface area (Å²) in [5, 5.41) is 0. The van der Waals surface area contributed by atoms with E-state index in [9.17, 15) is 4.39 Å².